The Balaban J connectivity index is 1.44. The Morgan fingerprint density at radius 2 is 1.78 bits per heavy atom. The molecule has 11 heteroatoms. The lowest BCUT2D eigenvalue weighted by atomic mass is 9.94. The van der Waals surface area contributed by atoms with Crippen LogP contribution in [0.2, 0.25) is 0 Å². The van der Waals surface area contributed by atoms with E-state index in [0.29, 0.717) is 30.5 Å². The predicted octanol–water partition coefficient (Wildman–Crippen LogP) is 4.44. The Morgan fingerprint density at radius 3 is 2.44 bits per heavy atom. The van der Waals surface area contributed by atoms with Gasteiger partial charge >= 0.3 is 6.18 Å². The average Bonchev–Trinajstić information content (AvgIpc) is 3.18. The highest BCUT2D eigenvalue weighted by Crippen LogP contribution is 2.33. The van der Waals surface area contributed by atoms with E-state index in [9.17, 15) is 21.6 Å². The first-order valence-electron chi connectivity index (χ1n) is 10.1. The summed E-state index contributed by atoms with van der Waals surface area (Å²) in [5, 5.41) is 10.1. The number of hydrogen-bond donors (Lipinski definition) is 2. The first-order valence-corrected chi connectivity index (χ1v) is 11.5. The van der Waals surface area contributed by atoms with Gasteiger partial charge in [0.25, 0.3) is 0 Å². The van der Waals surface area contributed by atoms with Crippen LogP contribution in [0.25, 0.3) is 0 Å². The normalized spacial score (nSPS) is 16.2. The number of alkyl halides is 3. The van der Waals surface area contributed by atoms with Crippen LogP contribution in [0.3, 0.4) is 0 Å². The second-order valence-electron chi connectivity index (χ2n) is 7.71. The topological polar surface area (TPSA) is 91.0 Å². The number of halogens is 3. The number of rotatable bonds is 5. The van der Waals surface area contributed by atoms with E-state index in [1.54, 1.807) is 0 Å². The molecule has 0 radical (unpaired) electrons. The molecule has 0 spiro atoms. The molecule has 1 aliphatic heterocycles. The van der Waals surface area contributed by atoms with Gasteiger partial charge in [-0.2, -0.15) is 22.6 Å². The molecule has 3 heterocycles. The lowest BCUT2D eigenvalue weighted by Gasteiger charge is -2.31. The lowest BCUT2D eigenvalue weighted by Crippen LogP contribution is -2.38. The van der Waals surface area contributed by atoms with Crippen LogP contribution < -0.4 is 5.32 Å². The molecule has 0 unspecified atom stereocenters. The van der Waals surface area contributed by atoms with E-state index in [4.69, 9.17) is 0 Å². The van der Waals surface area contributed by atoms with Gasteiger partial charge in [-0.15, -0.1) is 0 Å². The Morgan fingerprint density at radius 1 is 1.06 bits per heavy atom. The van der Waals surface area contributed by atoms with Crippen molar-refractivity contribution < 1.29 is 21.6 Å². The molecule has 170 valence electrons. The fourth-order valence-electron chi connectivity index (χ4n) is 3.74. The number of aromatic amines is 1. The van der Waals surface area contributed by atoms with Crippen LogP contribution in [0.4, 0.5) is 24.8 Å². The third-order valence-electron chi connectivity index (χ3n) is 5.40. The number of piperidine rings is 1. The average molecular weight is 466 g/mol. The van der Waals surface area contributed by atoms with Crippen LogP contribution in [0, 0.1) is 6.92 Å². The van der Waals surface area contributed by atoms with Gasteiger partial charge in [0.1, 0.15) is 5.82 Å². The quantitative estimate of drug-likeness (QED) is 0.581. The summed E-state index contributed by atoms with van der Waals surface area (Å²) < 4.78 is 66.0. The second-order valence-corrected chi connectivity index (χ2v) is 9.65. The third kappa shape index (κ3) is 4.78. The number of aryl methyl sites for hydroxylation is 1. The summed E-state index contributed by atoms with van der Waals surface area (Å²) in [7, 11) is -4.01. The van der Waals surface area contributed by atoms with E-state index in [0.717, 1.165) is 23.5 Å². The van der Waals surface area contributed by atoms with Gasteiger partial charge in [0.2, 0.25) is 10.0 Å². The van der Waals surface area contributed by atoms with Gasteiger partial charge in [-0.1, -0.05) is 12.1 Å². The van der Waals surface area contributed by atoms with Crippen molar-refractivity contribution in [3.8, 4) is 0 Å². The van der Waals surface area contributed by atoms with Gasteiger partial charge in [-0.05, 0) is 50.1 Å². The van der Waals surface area contributed by atoms with Crippen LogP contribution in [0.1, 0.15) is 35.7 Å². The summed E-state index contributed by atoms with van der Waals surface area (Å²) in [5.41, 5.74) is 0.769. The maximum Gasteiger partial charge on any atom is 0.416 e. The van der Waals surface area contributed by atoms with Crippen molar-refractivity contribution >= 4 is 21.7 Å². The molecule has 0 atom stereocenters. The summed E-state index contributed by atoms with van der Waals surface area (Å²) in [6, 6.07) is 11.3. The molecule has 0 bridgehead atoms. The number of hydrogen-bond acceptors (Lipinski definition) is 5. The molecule has 7 nitrogen and oxygen atoms in total. The van der Waals surface area contributed by atoms with Crippen molar-refractivity contribution in [3.63, 3.8) is 0 Å². The maximum absolute atomic E-state index is 13.0. The van der Waals surface area contributed by atoms with E-state index in [-0.39, 0.29) is 23.9 Å². The molecular formula is C21H22F3N5O2S. The zero-order valence-electron chi connectivity index (χ0n) is 17.2. The van der Waals surface area contributed by atoms with Gasteiger partial charge < -0.3 is 5.32 Å². The summed E-state index contributed by atoms with van der Waals surface area (Å²) in [4.78, 5) is 4.28. The molecule has 0 saturated carbocycles. The van der Waals surface area contributed by atoms with E-state index >= 15 is 0 Å². The zero-order chi connectivity index (χ0) is 22.9. The molecule has 1 saturated heterocycles. The molecule has 0 amide bonds. The standard InChI is InChI=1S/C21H22F3N5O2S/c1-14-12-20(28-27-14)26-19-7-3-6-18(25-19)15-8-10-29(11-9-15)32(30,31)17-5-2-4-16(13-17)21(22,23)24/h2-7,12-13,15H,8-11H2,1H3,(H2,25,26,27,28). The van der Waals surface area contributed by atoms with E-state index in [1.807, 2.05) is 31.2 Å². The first kappa shape index (κ1) is 22.3. The molecule has 32 heavy (non-hydrogen) atoms. The first-order chi connectivity index (χ1) is 15.1. The highest BCUT2D eigenvalue weighted by Gasteiger charge is 2.34. The van der Waals surface area contributed by atoms with Crippen molar-refractivity contribution in [1.82, 2.24) is 19.5 Å². The van der Waals surface area contributed by atoms with Gasteiger partial charge in [0.15, 0.2) is 5.82 Å². The van der Waals surface area contributed by atoms with Crippen LogP contribution in [-0.2, 0) is 16.2 Å². The van der Waals surface area contributed by atoms with Crippen LogP contribution in [-0.4, -0.2) is 41.0 Å². The monoisotopic (exact) mass is 465 g/mol. The zero-order valence-corrected chi connectivity index (χ0v) is 18.0. The van der Waals surface area contributed by atoms with Crippen LogP contribution >= 0.6 is 0 Å². The number of pyridine rings is 1. The number of benzene rings is 1. The number of sulfonamides is 1. The molecule has 1 fully saturated rings. The highest BCUT2D eigenvalue weighted by atomic mass is 32.2. The molecule has 1 aromatic carbocycles. The lowest BCUT2D eigenvalue weighted by molar-refractivity contribution is -0.137. The molecule has 0 aliphatic carbocycles. The third-order valence-corrected chi connectivity index (χ3v) is 7.30. The highest BCUT2D eigenvalue weighted by molar-refractivity contribution is 7.89. The smallest absolute Gasteiger partial charge is 0.323 e. The van der Waals surface area contributed by atoms with Crippen molar-refractivity contribution in [3.05, 3.63) is 65.5 Å². The number of nitrogens with zero attached hydrogens (tertiary/aromatic N) is 3. The van der Waals surface area contributed by atoms with E-state index in [1.165, 1.54) is 10.4 Å². The minimum Gasteiger partial charge on any atom is -0.323 e. The van der Waals surface area contributed by atoms with Crippen molar-refractivity contribution in [2.75, 3.05) is 18.4 Å². The Labute approximate surface area is 183 Å². The largest absolute Gasteiger partial charge is 0.416 e. The fraction of sp³-hybridized carbons (Fsp3) is 0.333. The molecular weight excluding hydrogens is 443 g/mol. The van der Waals surface area contributed by atoms with E-state index < -0.39 is 21.8 Å². The van der Waals surface area contributed by atoms with Gasteiger partial charge in [0.05, 0.1) is 10.5 Å². The number of aromatic nitrogens is 3. The minimum absolute atomic E-state index is 0.0469. The van der Waals surface area contributed by atoms with Crippen molar-refractivity contribution in [2.45, 2.75) is 36.8 Å². The summed E-state index contributed by atoms with van der Waals surface area (Å²) in [5.74, 6) is 1.33. The summed E-state index contributed by atoms with van der Waals surface area (Å²) >= 11 is 0. The maximum atomic E-state index is 13.0. The van der Waals surface area contributed by atoms with Gasteiger partial charge in [0, 0.05) is 36.5 Å². The number of nitrogens with one attached hydrogen (secondary N) is 2. The Bertz CT molecular complexity index is 1200. The molecule has 2 N–H and O–H groups in total. The van der Waals surface area contributed by atoms with Gasteiger partial charge in [-0.3, -0.25) is 5.10 Å². The predicted molar refractivity (Wildman–Crippen MR) is 113 cm³/mol. The Hall–Kier alpha value is -2.92. The molecule has 1 aliphatic rings. The number of H-pyrrole nitrogens is 1. The Kier molecular flexibility index (Phi) is 5.95. The molecule has 3 aromatic rings. The molecule has 2 aromatic heterocycles. The van der Waals surface area contributed by atoms with Crippen LogP contribution in [0.15, 0.2) is 53.4 Å². The van der Waals surface area contributed by atoms with Crippen molar-refractivity contribution in [2.24, 2.45) is 0 Å². The number of anilines is 2. The van der Waals surface area contributed by atoms with Crippen molar-refractivity contribution in [1.29, 1.82) is 0 Å². The summed E-state index contributed by atoms with van der Waals surface area (Å²) in [6.07, 6.45) is -3.55. The summed E-state index contributed by atoms with van der Waals surface area (Å²) in [6.45, 7) is 2.31. The van der Waals surface area contributed by atoms with Gasteiger partial charge in [-0.25, -0.2) is 13.4 Å². The second kappa shape index (κ2) is 8.55. The van der Waals surface area contributed by atoms with E-state index in [2.05, 4.69) is 20.5 Å². The minimum atomic E-state index is -4.60. The molecule has 4 rings (SSSR count). The SMILES string of the molecule is Cc1cc(Nc2cccc(C3CCN(S(=O)(=O)c4cccc(C(F)(F)F)c4)CC3)n2)n[nH]1. The van der Waals surface area contributed by atoms with Crippen LogP contribution in [0.5, 0.6) is 0 Å². The fourth-order valence-corrected chi connectivity index (χ4v) is 5.25.